The standard InChI is InChI=1S/C9H9N2O5P.CH4O/c12-9(13)4-6-2-1-3-7-10-8(5-11(6)7)17(14,15)16;1-2/h1-3,5H,4H2,(H,12,13)(H2,14,15,16);2H,1H3. The first-order valence-corrected chi connectivity index (χ1v) is 6.69. The number of carbonyl (C=O) groups is 1. The summed E-state index contributed by atoms with van der Waals surface area (Å²) < 4.78 is 12.4. The van der Waals surface area contributed by atoms with E-state index in [9.17, 15) is 9.36 Å². The van der Waals surface area contributed by atoms with Gasteiger partial charge in [-0.2, -0.15) is 0 Å². The van der Waals surface area contributed by atoms with Gasteiger partial charge in [0.25, 0.3) is 0 Å². The maximum Gasteiger partial charge on any atom is 0.376 e. The summed E-state index contributed by atoms with van der Waals surface area (Å²) in [5, 5.41) is 15.7. The Labute approximate surface area is 108 Å². The minimum Gasteiger partial charge on any atom is -0.481 e. The van der Waals surface area contributed by atoms with Gasteiger partial charge < -0.3 is 24.4 Å². The van der Waals surface area contributed by atoms with E-state index < -0.39 is 13.6 Å². The van der Waals surface area contributed by atoms with Crippen LogP contribution in [0.25, 0.3) is 5.65 Å². The van der Waals surface area contributed by atoms with Gasteiger partial charge in [0.1, 0.15) is 5.65 Å². The van der Waals surface area contributed by atoms with Gasteiger partial charge in [-0.15, -0.1) is 0 Å². The first kappa shape index (κ1) is 15.3. The van der Waals surface area contributed by atoms with E-state index in [0.717, 1.165) is 13.3 Å². The summed E-state index contributed by atoms with van der Waals surface area (Å²) in [6.07, 6.45) is 0.919. The van der Waals surface area contributed by atoms with E-state index >= 15 is 0 Å². The zero-order chi connectivity index (χ0) is 14.6. The highest BCUT2D eigenvalue weighted by Gasteiger charge is 2.22. The van der Waals surface area contributed by atoms with Crippen molar-refractivity contribution in [3.8, 4) is 0 Å². The van der Waals surface area contributed by atoms with Crippen molar-refractivity contribution in [2.24, 2.45) is 0 Å². The number of carboxylic acids is 1. The van der Waals surface area contributed by atoms with E-state index in [1.807, 2.05) is 0 Å². The second-order valence-corrected chi connectivity index (χ2v) is 5.01. The van der Waals surface area contributed by atoms with Gasteiger partial charge in [-0.1, -0.05) is 6.07 Å². The Morgan fingerprint density at radius 3 is 2.53 bits per heavy atom. The van der Waals surface area contributed by atoms with Gasteiger partial charge in [-0.05, 0) is 12.1 Å². The summed E-state index contributed by atoms with van der Waals surface area (Å²) in [7, 11) is -3.42. The Morgan fingerprint density at radius 1 is 1.37 bits per heavy atom. The van der Waals surface area contributed by atoms with Crippen molar-refractivity contribution in [1.82, 2.24) is 9.38 Å². The maximum absolute atomic E-state index is 11.0. The molecule has 0 atom stereocenters. The third-order valence-electron chi connectivity index (χ3n) is 2.19. The SMILES string of the molecule is CO.O=C(O)Cc1cccc2nc(P(=O)(O)O)cn12. The van der Waals surface area contributed by atoms with E-state index in [4.69, 9.17) is 20.0 Å². The summed E-state index contributed by atoms with van der Waals surface area (Å²) in [6.45, 7) is 0. The largest absolute Gasteiger partial charge is 0.481 e. The van der Waals surface area contributed by atoms with Crippen LogP contribution >= 0.6 is 7.60 Å². The number of imidazole rings is 1. The number of hydrogen-bond acceptors (Lipinski definition) is 4. The van der Waals surface area contributed by atoms with E-state index in [1.165, 1.54) is 4.40 Å². The van der Waals surface area contributed by atoms with E-state index in [2.05, 4.69) is 4.98 Å². The molecule has 0 aliphatic rings. The molecule has 9 heteroatoms. The number of nitrogens with zero attached hydrogens (tertiary/aromatic N) is 2. The molecule has 2 rings (SSSR count). The zero-order valence-electron chi connectivity index (χ0n) is 9.96. The minimum absolute atomic E-state index is 0.242. The average Bonchev–Trinajstić information content (AvgIpc) is 2.75. The quantitative estimate of drug-likeness (QED) is 0.553. The van der Waals surface area contributed by atoms with Crippen molar-refractivity contribution in [3.63, 3.8) is 0 Å². The molecule has 0 amide bonds. The van der Waals surface area contributed by atoms with Crippen molar-refractivity contribution in [3.05, 3.63) is 30.1 Å². The highest BCUT2D eigenvalue weighted by atomic mass is 31.2. The molecule has 0 saturated carbocycles. The highest BCUT2D eigenvalue weighted by molar-refractivity contribution is 7.60. The molecule has 0 saturated heterocycles. The number of aliphatic hydroxyl groups is 1. The Bertz CT molecular complexity index is 632. The monoisotopic (exact) mass is 288 g/mol. The lowest BCUT2D eigenvalue weighted by atomic mass is 10.2. The second kappa shape index (κ2) is 5.94. The Hall–Kier alpha value is -1.73. The predicted molar refractivity (Wildman–Crippen MR) is 66.4 cm³/mol. The Morgan fingerprint density at radius 2 is 2.00 bits per heavy atom. The summed E-state index contributed by atoms with van der Waals surface area (Å²) in [4.78, 5) is 32.4. The normalized spacial score (nSPS) is 10.9. The number of aliphatic hydroxyl groups excluding tert-OH is 1. The Balaban J connectivity index is 0.000000861. The lowest BCUT2D eigenvalue weighted by molar-refractivity contribution is -0.136. The third kappa shape index (κ3) is 3.62. The van der Waals surface area contributed by atoms with Crippen molar-refractivity contribution in [2.75, 3.05) is 7.11 Å². The van der Waals surface area contributed by atoms with Crippen molar-refractivity contribution < 1.29 is 29.4 Å². The minimum atomic E-state index is -4.42. The number of rotatable bonds is 3. The van der Waals surface area contributed by atoms with Crippen molar-refractivity contribution in [1.29, 1.82) is 0 Å². The molecule has 0 unspecified atom stereocenters. The first-order chi connectivity index (χ1) is 8.88. The molecule has 2 aromatic rings. The third-order valence-corrected chi connectivity index (χ3v) is 3.01. The molecule has 0 aliphatic carbocycles. The number of fused-ring (bicyclic) bond motifs is 1. The van der Waals surface area contributed by atoms with Crippen LogP contribution in [-0.4, -0.2) is 42.5 Å². The predicted octanol–water partition coefficient (Wildman–Crippen LogP) is -0.627. The fourth-order valence-corrected chi connectivity index (χ4v) is 1.99. The molecule has 0 spiro atoms. The van der Waals surface area contributed by atoms with Gasteiger partial charge in [-0.25, -0.2) is 4.98 Å². The van der Waals surface area contributed by atoms with Crippen LogP contribution in [0.1, 0.15) is 5.69 Å². The van der Waals surface area contributed by atoms with E-state index in [0.29, 0.717) is 11.3 Å². The van der Waals surface area contributed by atoms with Crippen LogP contribution in [0.4, 0.5) is 0 Å². The topological polar surface area (TPSA) is 132 Å². The van der Waals surface area contributed by atoms with Crippen LogP contribution in [0.2, 0.25) is 0 Å². The van der Waals surface area contributed by atoms with Gasteiger partial charge >= 0.3 is 13.6 Å². The average molecular weight is 288 g/mol. The zero-order valence-corrected chi connectivity index (χ0v) is 10.9. The van der Waals surface area contributed by atoms with Gasteiger partial charge in [0, 0.05) is 19.0 Å². The van der Waals surface area contributed by atoms with E-state index in [-0.39, 0.29) is 11.9 Å². The fraction of sp³-hybridized carbons (Fsp3) is 0.200. The molecule has 2 heterocycles. The van der Waals surface area contributed by atoms with Crippen LogP contribution in [0.5, 0.6) is 0 Å². The molecule has 0 aliphatic heterocycles. The second-order valence-electron chi connectivity index (χ2n) is 3.46. The summed E-state index contributed by atoms with van der Waals surface area (Å²) >= 11 is 0. The molecule has 19 heavy (non-hydrogen) atoms. The Kier molecular flexibility index (Phi) is 4.79. The number of aliphatic carboxylic acids is 1. The molecule has 0 fully saturated rings. The van der Waals surface area contributed by atoms with Gasteiger partial charge in [-0.3, -0.25) is 9.36 Å². The number of carboxylic acid groups (broad SMARTS) is 1. The molecule has 2 aromatic heterocycles. The molecular formula is C10H13N2O6P. The molecule has 8 nitrogen and oxygen atoms in total. The molecule has 0 bridgehead atoms. The molecule has 104 valence electrons. The smallest absolute Gasteiger partial charge is 0.376 e. The molecular weight excluding hydrogens is 275 g/mol. The van der Waals surface area contributed by atoms with Crippen LogP contribution < -0.4 is 5.44 Å². The van der Waals surface area contributed by atoms with Crippen LogP contribution in [0.3, 0.4) is 0 Å². The summed E-state index contributed by atoms with van der Waals surface area (Å²) in [5.74, 6) is -1.02. The first-order valence-electron chi connectivity index (χ1n) is 5.07. The van der Waals surface area contributed by atoms with Crippen LogP contribution in [0.15, 0.2) is 24.4 Å². The highest BCUT2D eigenvalue weighted by Crippen LogP contribution is 2.32. The molecule has 0 radical (unpaired) electrons. The summed E-state index contributed by atoms with van der Waals surface area (Å²) in [5.41, 5.74) is 0.347. The van der Waals surface area contributed by atoms with E-state index in [1.54, 1.807) is 18.2 Å². The molecule has 4 N–H and O–H groups in total. The van der Waals surface area contributed by atoms with Crippen LogP contribution in [-0.2, 0) is 15.8 Å². The van der Waals surface area contributed by atoms with Crippen molar-refractivity contribution >= 4 is 24.6 Å². The number of pyridine rings is 1. The maximum atomic E-state index is 11.0. The summed E-state index contributed by atoms with van der Waals surface area (Å²) in [6, 6.07) is 4.70. The van der Waals surface area contributed by atoms with Gasteiger partial charge in [0.05, 0.1) is 6.42 Å². The van der Waals surface area contributed by atoms with Gasteiger partial charge in [0.15, 0.2) is 5.44 Å². The number of hydrogen-bond donors (Lipinski definition) is 4. The molecule has 0 aromatic carbocycles. The van der Waals surface area contributed by atoms with Crippen molar-refractivity contribution in [2.45, 2.75) is 6.42 Å². The lowest BCUT2D eigenvalue weighted by Crippen LogP contribution is -2.06. The fourth-order valence-electron chi connectivity index (χ4n) is 1.49. The van der Waals surface area contributed by atoms with Gasteiger partial charge in [0.2, 0.25) is 0 Å². The number of aromatic nitrogens is 2. The van der Waals surface area contributed by atoms with Crippen LogP contribution in [0, 0.1) is 0 Å². The lowest BCUT2D eigenvalue weighted by Gasteiger charge is -2.01.